The Morgan fingerprint density at radius 2 is 1.56 bits per heavy atom. The van der Waals surface area contributed by atoms with Gasteiger partial charge in [-0.15, -0.1) is 12.4 Å². The van der Waals surface area contributed by atoms with Crippen molar-refractivity contribution in [2.75, 3.05) is 18.4 Å². The molecule has 176 valence electrons. The summed E-state index contributed by atoms with van der Waals surface area (Å²) in [5.41, 5.74) is 7.82. The third kappa shape index (κ3) is 6.22. The van der Waals surface area contributed by atoms with Gasteiger partial charge in [0.15, 0.2) is 5.72 Å². The van der Waals surface area contributed by atoms with Crippen LogP contribution in [0.5, 0.6) is 0 Å². The van der Waals surface area contributed by atoms with Gasteiger partial charge in [-0.2, -0.15) is 4.31 Å². The molecule has 7 nitrogen and oxygen atoms in total. The maximum absolute atomic E-state index is 12.8. The van der Waals surface area contributed by atoms with Crippen LogP contribution < -0.4 is 11.1 Å². The predicted molar refractivity (Wildman–Crippen MR) is 129 cm³/mol. The topological polar surface area (TPSA) is 102 Å². The highest BCUT2D eigenvalue weighted by Gasteiger charge is 2.38. The number of amides is 1. The van der Waals surface area contributed by atoms with E-state index in [0.717, 1.165) is 11.1 Å². The highest BCUT2D eigenvalue weighted by molar-refractivity contribution is 7.89. The first-order valence-electron chi connectivity index (χ1n) is 10.4. The van der Waals surface area contributed by atoms with E-state index in [9.17, 15) is 13.2 Å². The van der Waals surface area contributed by atoms with Crippen molar-refractivity contribution in [2.24, 2.45) is 5.73 Å². The molecule has 0 aliphatic carbocycles. The summed E-state index contributed by atoms with van der Waals surface area (Å²) in [6, 6.07) is 14.3. The van der Waals surface area contributed by atoms with Gasteiger partial charge in [-0.25, -0.2) is 13.2 Å². The SMILES string of the molecule is Cc1ccc(S(=O)(=O)N2CCC(N)(OC(=O)Nc3ccc(C(C)(C)C)cc3)CC2)cc1.Cl. The van der Waals surface area contributed by atoms with Crippen LogP contribution >= 0.6 is 12.4 Å². The quantitative estimate of drug-likeness (QED) is 0.630. The normalized spacial score (nSPS) is 16.7. The number of nitrogens with two attached hydrogens (primary N) is 1. The Balaban J connectivity index is 0.00000363. The number of halogens is 1. The summed E-state index contributed by atoms with van der Waals surface area (Å²) in [5, 5.41) is 2.69. The molecule has 0 atom stereocenters. The zero-order valence-corrected chi connectivity index (χ0v) is 20.6. The summed E-state index contributed by atoms with van der Waals surface area (Å²) in [4.78, 5) is 12.6. The van der Waals surface area contributed by atoms with Crippen molar-refractivity contribution in [1.29, 1.82) is 0 Å². The van der Waals surface area contributed by atoms with Crippen LogP contribution in [0.15, 0.2) is 53.4 Å². The molecule has 0 radical (unpaired) electrons. The maximum Gasteiger partial charge on any atom is 0.413 e. The molecule has 1 heterocycles. The summed E-state index contributed by atoms with van der Waals surface area (Å²) in [5.74, 6) is 0. The second kappa shape index (κ2) is 9.79. The smallest absolute Gasteiger partial charge is 0.413 e. The Kier molecular flexibility index (Phi) is 7.99. The Bertz CT molecular complexity index is 1020. The fraction of sp³-hybridized carbons (Fsp3) is 0.435. The molecule has 9 heteroatoms. The molecule has 1 aliphatic rings. The van der Waals surface area contributed by atoms with Crippen molar-refractivity contribution in [1.82, 2.24) is 4.31 Å². The average Bonchev–Trinajstić information content (AvgIpc) is 2.68. The van der Waals surface area contributed by atoms with Gasteiger partial charge >= 0.3 is 6.09 Å². The second-order valence-corrected chi connectivity index (χ2v) is 11.1. The first-order valence-corrected chi connectivity index (χ1v) is 11.8. The van der Waals surface area contributed by atoms with Crippen molar-refractivity contribution < 1.29 is 17.9 Å². The first-order chi connectivity index (χ1) is 14.4. The Morgan fingerprint density at radius 1 is 1.03 bits per heavy atom. The van der Waals surface area contributed by atoms with Crippen LogP contribution in [0, 0.1) is 6.92 Å². The van der Waals surface area contributed by atoms with E-state index < -0.39 is 21.8 Å². The van der Waals surface area contributed by atoms with Crippen LogP contribution in [0.1, 0.15) is 44.7 Å². The summed E-state index contributed by atoms with van der Waals surface area (Å²) in [6.07, 6.45) is -0.219. The number of aryl methyl sites for hydroxylation is 1. The van der Waals surface area contributed by atoms with Crippen molar-refractivity contribution in [3.8, 4) is 0 Å². The monoisotopic (exact) mass is 481 g/mol. The lowest BCUT2D eigenvalue weighted by atomic mass is 9.87. The van der Waals surface area contributed by atoms with E-state index in [-0.39, 0.29) is 48.6 Å². The number of hydrogen-bond acceptors (Lipinski definition) is 5. The standard InChI is InChI=1S/C23H31N3O4S.ClH/c1-17-5-11-20(12-6-17)31(28,29)26-15-13-23(24,14-16-26)30-21(27)25-19-9-7-18(8-10-19)22(2,3)4;/h5-12H,13-16,24H2,1-4H3,(H,25,27);1H. The number of benzene rings is 2. The summed E-state index contributed by atoms with van der Waals surface area (Å²) in [6.45, 7) is 8.62. The van der Waals surface area contributed by atoms with Gasteiger partial charge < -0.3 is 4.74 Å². The van der Waals surface area contributed by atoms with Gasteiger partial charge in [0.2, 0.25) is 10.0 Å². The molecule has 0 spiro atoms. The van der Waals surface area contributed by atoms with E-state index in [4.69, 9.17) is 10.5 Å². The zero-order valence-electron chi connectivity index (χ0n) is 18.9. The summed E-state index contributed by atoms with van der Waals surface area (Å²) >= 11 is 0. The molecular weight excluding hydrogens is 450 g/mol. The molecular formula is C23H32ClN3O4S. The lowest BCUT2D eigenvalue weighted by molar-refractivity contribution is -0.0116. The van der Waals surface area contributed by atoms with Crippen LogP contribution in [-0.2, 0) is 20.2 Å². The molecule has 0 aromatic heterocycles. The Labute approximate surface area is 196 Å². The van der Waals surface area contributed by atoms with Crippen LogP contribution in [0.25, 0.3) is 0 Å². The van der Waals surface area contributed by atoms with Crippen molar-refractivity contribution in [3.63, 3.8) is 0 Å². The molecule has 0 unspecified atom stereocenters. The molecule has 1 saturated heterocycles. The molecule has 0 bridgehead atoms. The maximum atomic E-state index is 12.8. The number of carbonyl (C=O) groups excluding carboxylic acids is 1. The van der Waals surface area contributed by atoms with E-state index in [1.807, 2.05) is 31.2 Å². The molecule has 1 amide bonds. The first kappa shape index (κ1) is 26.1. The third-order valence-electron chi connectivity index (χ3n) is 5.52. The minimum atomic E-state index is -3.60. The number of sulfonamides is 1. The van der Waals surface area contributed by atoms with Crippen molar-refractivity contribution in [2.45, 2.75) is 56.6 Å². The van der Waals surface area contributed by atoms with Crippen LogP contribution in [0.4, 0.5) is 10.5 Å². The molecule has 1 fully saturated rings. The Morgan fingerprint density at radius 3 is 2.06 bits per heavy atom. The van der Waals surface area contributed by atoms with Gasteiger partial charge in [-0.05, 0) is 42.2 Å². The van der Waals surface area contributed by atoms with E-state index in [1.54, 1.807) is 24.3 Å². The highest BCUT2D eigenvalue weighted by atomic mass is 35.5. The molecule has 1 aliphatic heterocycles. The highest BCUT2D eigenvalue weighted by Crippen LogP contribution is 2.27. The number of anilines is 1. The average molecular weight is 482 g/mol. The number of carbonyl (C=O) groups is 1. The fourth-order valence-corrected chi connectivity index (χ4v) is 4.89. The molecule has 0 saturated carbocycles. The third-order valence-corrected chi connectivity index (χ3v) is 7.43. The van der Waals surface area contributed by atoms with Crippen molar-refractivity contribution in [3.05, 3.63) is 59.7 Å². The van der Waals surface area contributed by atoms with Crippen LogP contribution in [0.3, 0.4) is 0 Å². The predicted octanol–water partition coefficient (Wildman–Crippen LogP) is 4.40. The molecule has 2 aromatic rings. The largest absolute Gasteiger partial charge is 0.428 e. The van der Waals surface area contributed by atoms with Gasteiger partial charge in [0.1, 0.15) is 0 Å². The van der Waals surface area contributed by atoms with Gasteiger partial charge in [0.05, 0.1) is 4.90 Å². The van der Waals surface area contributed by atoms with E-state index >= 15 is 0 Å². The number of hydrogen-bond donors (Lipinski definition) is 2. The number of rotatable bonds is 4. The second-order valence-electron chi connectivity index (χ2n) is 9.12. The van der Waals surface area contributed by atoms with E-state index in [1.165, 1.54) is 4.31 Å². The zero-order chi connectivity index (χ0) is 22.9. The fourth-order valence-electron chi connectivity index (χ4n) is 3.45. The number of nitrogens with one attached hydrogen (secondary N) is 1. The minimum absolute atomic E-state index is 0. The van der Waals surface area contributed by atoms with Crippen molar-refractivity contribution >= 4 is 34.2 Å². The molecule has 2 aromatic carbocycles. The van der Waals surface area contributed by atoms with Gasteiger partial charge in [0.25, 0.3) is 0 Å². The lowest BCUT2D eigenvalue weighted by Crippen LogP contribution is -2.54. The summed E-state index contributed by atoms with van der Waals surface area (Å²) in [7, 11) is -3.60. The number of ether oxygens (including phenoxy) is 1. The minimum Gasteiger partial charge on any atom is -0.428 e. The Hall–Kier alpha value is -2.13. The van der Waals surface area contributed by atoms with E-state index in [0.29, 0.717) is 5.69 Å². The molecule has 3 N–H and O–H groups in total. The summed E-state index contributed by atoms with van der Waals surface area (Å²) < 4.78 is 32.5. The number of piperidine rings is 1. The van der Waals surface area contributed by atoms with Gasteiger partial charge in [-0.3, -0.25) is 11.1 Å². The molecule has 3 rings (SSSR count). The van der Waals surface area contributed by atoms with E-state index in [2.05, 4.69) is 26.1 Å². The van der Waals surface area contributed by atoms with Crippen LogP contribution in [-0.4, -0.2) is 37.6 Å². The van der Waals surface area contributed by atoms with Gasteiger partial charge in [-0.1, -0.05) is 50.6 Å². The number of nitrogens with zero attached hydrogens (tertiary/aromatic N) is 1. The lowest BCUT2D eigenvalue weighted by Gasteiger charge is -2.37. The molecule has 32 heavy (non-hydrogen) atoms. The van der Waals surface area contributed by atoms with Crippen LogP contribution in [0.2, 0.25) is 0 Å². The van der Waals surface area contributed by atoms with Gasteiger partial charge in [0, 0.05) is 31.6 Å².